The number of fused-ring (bicyclic) bond motifs is 3. The van der Waals surface area contributed by atoms with Crippen molar-refractivity contribution in [2.75, 3.05) is 0 Å². The molecule has 0 fully saturated rings. The summed E-state index contributed by atoms with van der Waals surface area (Å²) in [6, 6.07) is 38.2. The molecule has 0 saturated carbocycles. The van der Waals surface area contributed by atoms with Crippen molar-refractivity contribution in [1.82, 2.24) is 0 Å². The van der Waals surface area contributed by atoms with Crippen molar-refractivity contribution in [3.63, 3.8) is 0 Å². The molecular formula is C55H70Si2. The van der Waals surface area contributed by atoms with Crippen LogP contribution in [0, 0.1) is 0 Å². The molecule has 0 saturated heterocycles. The maximum atomic E-state index is 2.75. The summed E-state index contributed by atoms with van der Waals surface area (Å²) in [6.45, 7) is 19.8. The lowest BCUT2D eigenvalue weighted by Crippen LogP contribution is -2.28. The van der Waals surface area contributed by atoms with Crippen LogP contribution >= 0.6 is 0 Å². The molecule has 0 bridgehead atoms. The highest BCUT2D eigenvalue weighted by Crippen LogP contribution is 2.57. The van der Waals surface area contributed by atoms with E-state index in [4.69, 9.17) is 0 Å². The van der Waals surface area contributed by atoms with E-state index < -0.39 is 16.1 Å². The number of hydrogen-bond donors (Lipinski definition) is 0. The number of hydrogen-bond acceptors (Lipinski definition) is 0. The zero-order chi connectivity index (χ0) is 40.2. The van der Waals surface area contributed by atoms with Crippen molar-refractivity contribution in [1.29, 1.82) is 0 Å². The van der Waals surface area contributed by atoms with E-state index in [0.717, 1.165) is 12.8 Å². The van der Waals surface area contributed by atoms with Gasteiger partial charge in [0.05, 0.1) is 0 Å². The molecule has 0 N–H and O–H groups in total. The average molecular weight is 787 g/mol. The second-order valence-corrected chi connectivity index (χ2v) is 27.2. The molecule has 2 aliphatic heterocycles. The van der Waals surface area contributed by atoms with Crippen molar-refractivity contribution >= 4 is 37.7 Å². The number of allylic oxidation sites excluding steroid dienone is 4. The van der Waals surface area contributed by atoms with Crippen molar-refractivity contribution in [3.8, 4) is 11.1 Å². The number of rotatable bonds is 18. The summed E-state index contributed by atoms with van der Waals surface area (Å²) in [5.41, 5.74) is 23.8. The molecule has 7 rings (SSSR count). The maximum Gasteiger partial charge on any atom is 0.106 e. The summed E-state index contributed by atoms with van der Waals surface area (Å²) in [4.78, 5) is 0. The van der Waals surface area contributed by atoms with E-state index in [9.17, 15) is 0 Å². The Hall–Kier alpha value is -3.73. The third-order valence-electron chi connectivity index (χ3n) is 13.6. The van der Waals surface area contributed by atoms with Gasteiger partial charge in [0.15, 0.2) is 0 Å². The fraction of sp³-hybridized carbons (Fsp3) is 0.418. The molecule has 0 amide bonds. The molecule has 4 aromatic rings. The van der Waals surface area contributed by atoms with Crippen molar-refractivity contribution in [2.24, 2.45) is 0 Å². The van der Waals surface area contributed by atoms with Crippen molar-refractivity contribution < 1.29 is 0 Å². The van der Waals surface area contributed by atoms with Crippen LogP contribution in [0.2, 0.25) is 26.2 Å². The Labute approximate surface area is 349 Å². The first-order chi connectivity index (χ1) is 27.6. The fourth-order valence-corrected chi connectivity index (χ4v) is 17.4. The van der Waals surface area contributed by atoms with Gasteiger partial charge in [-0.1, -0.05) is 227 Å². The van der Waals surface area contributed by atoms with Crippen LogP contribution in [0.5, 0.6) is 0 Å². The predicted molar refractivity (Wildman–Crippen MR) is 258 cm³/mol. The lowest BCUT2D eigenvalue weighted by Gasteiger charge is -2.34. The molecule has 2 heteroatoms. The standard InChI is InChI=1S/C55H70Si2/c1-9-13-15-23-35-55(36-24-16-14-10-2)51-37-43(53-47(25-11-3)49(39-56(53,5)6)41-27-19-17-20-28-41)31-33-45(51)46-34-32-44(38-52(46)55)54-48(26-12-4)50(40-57(54,7)8)42-29-21-18-22-30-42/h17-22,27-34,37-40H,9-16,23-26,35-36H2,1-8H3. The second-order valence-electron chi connectivity index (χ2n) is 18.7. The third-order valence-corrected chi connectivity index (χ3v) is 19.4. The van der Waals surface area contributed by atoms with Gasteiger partial charge in [0, 0.05) is 5.41 Å². The Balaban J connectivity index is 1.42. The molecule has 1 aliphatic carbocycles. The highest BCUT2D eigenvalue weighted by Gasteiger charge is 2.45. The second kappa shape index (κ2) is 17.6. The first-order valence-corrected chi connectivity index (χ1v) is 29.1. The third kappa shape index (κ3) is 8.03. The molecular weight excluding hydrogens is 717 g/mol. The number of unbranched alkanes of at least 4 members (excludes halogenated alkanes) is 6. The van der Waals surface area contributed by atoms with Crippen LogP contribution in [0.15, 0.2) is 120 Å². The topological polar surface area (TPSA) is 0 Å². The van der Waals surface area contributed by atoms with E-state index in [1.54, 1.807) is 32.7 Å². The van der Waals surface area contributed by atoms with Crippen LogP contribution < -0.4 is 0 Å². The van der Waals surface area contributed by atoms with Gasteiger partial charge in [-0.25, -0.2) is 0 Å². The molecule has 0 aromatic heterocycles. The summed E-state index contributed by atoms with van der Waals surface area (Å²) in [5.74, 6) is 0. The largest absolute Gasteiger partial charge is 0.106 e. The molecule has 0 spiro atoms. The number of benzene rings is 4. The molecule has 57 heavy (non-hydrogen) atoms. The van der Waals surface area contributed by atoms with Crippen LogP contribution in [-0.4, -0.2) is 16.1 Å². The summed E-state index contributed by atoms with van der Waals surface area (Å²) in [6.07, 6.45) is 17.6. The monoisotopic (exact) mass is 787 g/mol. The van der Waals surface area contributed by atoms with Crippen LogP contribution in [0.1, 0.15) is 151 Å². The lowest BCUT2D eigenvalue weighted by molar-refractivity contribution is 0.401. The Bertz CT molecular complexity index is 2020. The molecule has 0 radical (unpaired) electrons. The van der Waals surface area contributed by atoms with Crippen molar-refractivity contribution in [2.45, 2.75) is 149 Å². The Kier molecular flexibility index (Phi) is 12.8. The van der Waals surface area contributed by atoms with E-state index in [1.165, 1.54) is 122 Å². The molecule has 0 unspecified atom stereocenters. The smallest absolute Gasteiger partial charge is 0.0821 e. The first-order valence-electron chi connectivity index (χ1n) is 22.9. The highest BCUT2D eigenvalue weighted by molar-refractivity contribution is 7.01. The normalized spacial score (nSPS) is 17.5. The van der Waals surface area contributed by atoms with Gasteiger partial charge >= 0.3 is 0 Å². The summed E-state index contributed by atoms with van der Waals surface area (Å²) >= 11 is 0. The van der Waals surface area contributed by atoms with Crippen LogP contribution in [-0.2, 0) is 5.41 Å². The van der Waals surface area contributed by atoms with Gasteiger partial charge in [-0.15, -0.1) is 0 Å². The summed E-state index contributed by atoms with van der Waals surface area (Å²) in [7, 11) is -3.74. The molecule has 3 aliphatic rings. The molecule has 2 heterocycles. The van der Waals surface area contributed by atoms with Gasteiger partial charge in [0.25, 0.3) is 0 Å². The Morgan fingerprint density at radius 1 is 0.421 bits per heavy atom. The molecule has 298 valence electrons. The van der Waals surface area contributed by atoms with E-state index in [2.05, 4.69) is 162 Å². The minimum absolute atomic E-state index is 0.0368. The van der Waals surface area contributed by atoms with Crippen molar-refractivity contribution in [3.05, 3.63) is 153 Å². The molecule has 0 nitrogen and oxygen atoms in total. The summed E-state index contributed by atoms with van der Waals surface area (Å²) in [5, 5.41) is 3.36. The first kappa shape index (κ1) is 41.4. The minimum Gasteiger partial charge on any atom is -0.0821 e. The maximum absolute atomic E-state index is 2.75. The zero-order valence-electron chi connectivity index (χ0n) is 36.8. The van der Waals surface area contributed by atoms with Crippen LogP contribution in [0.25, 0.3) is 32.7 Å². The van der Waals surface area contributed by atoms with Gasteiger partial charge in [-0.2, -0.15) is 0 Å². The van der Waals surface area contributed by atoms with Crippen LogP contribution in [0.4, 0.5) is 0 Å². The summed E-state index contributed by atoms with van der Waals surface area (Å²) < 4.78 is 0. The van der Waals surface area contributed by atoms with Gasteiger partial charge in [0.2, 0.25) is 0 Å². The minimum atomic E-state index is -1.87. The molecule has 0 atom stereocenters. The average Bonchev–Trinajstić information content (AvgIpc) is 3.75. The molecule has 4 aromatic carbocycles. The van der Waals surface area contributed by atoms with Crippen LogP contribution in [0.3, 0.4) is 0 Å². The van der Waals surface area contributed by atoms with E-state index in [0.29, 0.717) is 0 Å². The highest BCUT2D eigenvalue weighted by atomic mass is 28.3. The van der Waals surface area contributed by atoms with E-state index in [-0.39, 0.29) is 5.41 Å². The van der Waals surface area contributed by atoms with E-state index in [1.807, 2.05) is 0 Å². The SMILES string of the molecule is CCCCCCC1(CCCCCC)c2cc(C3=C(CCC)C(c4ccccc4)=C[Si]3(C)C)ccc2-c2ccc(C3=C(CCC)C(c4ccccc4)=C[Si]3(C)C)cc21. The van der Waals surface area contributed by atoms with Gasteiger partial charge < -0.3 is 0 Å². The Morgan fingerprint density at radius 2 is 0.825 bits per heavy atom. The Morgan fingerprint density at radius 3 is 1.19 bits per heavy atom. The quantitative estimate of drug-likeness (QED) is 0.0696. The fourth-order valence-electron chi connectivity index (χ4n) is 11.1. The lowest BCUT2D eigenvalue weighted by atomic mass is 9.70. The van der Waals surface area contributed by atoms with Gasteiger partial charge in [-0.05, 0) is 103 Å². The zero-order valence-corrected chi connectivity index (χ0v) is 38.8. The van der Waals surface area contributed by atoms with Gasteiger partial charge in [-0.3, -0.25) is 0 Å². The van der Waals surface area contributed by atoms with E-state index >= 15 is 0 Å². The van der Waals surface area contributed by atoms with Gasteiger partial charge in [0.1, 0.15) is 16.1 Å². The predicted octanol–water partition coefficient (Wildman–Crippen LogP) is 16.8.